The Labute approximate surface area is 164 Å². The normalized spacial score (nSPS) is 22.1. The molecule has 0 saturated carbocycles. The van der Waals surface area contributed by atoms with Crippen molar-refractivity contribution in [2.75, 3.05) is 31.1 Å². The molecule has 7 nitrogen and oxygen atoms in total. The van der Waals surface area contributed by atoms with E-state index >= 15 is 0 Å². The Morgan fingerprint density at radius 1 is 1.11 bits per heavy atom. The van der Waals surface area contributed by atoms with E-state index in [0.717, 1.165) is 43.0 Å². The van der Waals surface area contributed by atoms with Crippen molar-refractivity contribution in [3.63, 3.8) is 0 Å². The number of hydrogen-bond donors (Lipinski definition) is 2. The van der Waals surface area contributed by atoms with E-state index in [-0.39, 0.29) is 5.88 Å². The molecule has 0 aromatic carbocycles. The predicted octanol–water partition coefficient (Wildman–Crippen LogP) is 3.22. The molecule has 0 spiro atoms. The first kappa shape index (κ1) is 17.4. The zero-order chi connectivity index (χ0) is 18.9. The fourth-order valence-corrected chi connectivity index (χ4v) is 4.54. The van der Waals surface area contributed by atoms with Crippen LogP contribution in [0.5, 0.6) is 5.88 Å². The van der Waals surface area contributed by atoms with Crippen molar-refractivity contribution >= 4 is 29.6 Å². The topological polar surface area (TPSA) is 80.6 Å². The van der Waals surface area contributed by atoms with Gasteiger partial charge in [0.25, 0.3) is 0 Å². The zero-order valence-electron chi connectivity index (χ0n) is 16.0. The first-order valence-electron chi connectivity index (χ1n) is 10.3. The second kappa shape index (κ2) is 7.39. The van der Waals surface area contributed by atoms with Crippen LogP contribution in [0, 0.1) is 0 Å². The quantitative estimate of drug-likeness (QED) is 0.857. The molecule has 7 heteroatoms. The maximum atomic E-state index is 10.3. The summed E-state index contributed by atoms with van der Waals surface area (Å²) in [6.07, 6.45) is 11.8. The molecule has 0 atom stereocenters. The maximum Gasteiger partial charge on any atom is 0.238 e. The summed E-state index contributed by atoms with van der Waals surface area (Å²) in [7, 11) is 0. The molecule has 0 bridgehead atoms. The van der Waals surface area contributed by atoms with E-state index in [1.807, 2.05) is 18.2 Å². The molecule has 2 saturated heterocycles. The van der Waals surface area contributed by atoms with Crippen LogP contribution in [0.1, 0.15) is 43.4 Å². The van der Waals surface area contributed by atoms with Gasteiger partial charge in [0.2, 0.25) is 11.8 Å². The van der Waals surface area contributed by atoms with Gasteiger partial charge in [-0.05, 0) is 57.0 Å². The summed E-state index contributed by atoms with van der Waals surface area (Å²) in [5, 5.41) is 10.3. The van der Waals surface area contributed by atoms with Crippen molar-refractivity contribution in [2.24, 2.45) is 4.99 Å². The van der Waals surface area contributed by atoms with Gasteiger partial charge < -0.3 is 19.9 Å². The third-order valence-corrected chi connectivity index (χ3v) is 6.09. The first-order valence-corrected chi connectivity index (χ1v) is 10.3. The van der Waals surface area contributed by atoms with Crippen molar-refractivity contribution < 1.29 is 5.11 Å². The molecule has 5 heterocycles. The van der Waals surface area contributed by atoms with Gasteiger partial charge in [0.1, 0.15) is 5.69 Å². The Bertz CT molecular complexity index is 903. The molecule has 2 fully saturated rings. The van der Waals surface area contributed by atoms with Gasteiger partial charge in [0, 0.05) is 42.7 Å². The largest absolute Gasteiger partial charge is 0.492 e. The number of H-pyrrole nitrogens is 1. The highest BCUT2D eigenvalue weighted by Crippen LogP contribution is 2.32. The number of hydrogen-bond acceptors (Lipinski definition) is 6. The average Bonchev–Trinajstić information content (AvgIpc) is 3.33. The molecule has 146 valence electrons. The lowest BCUT2D eigenvalue weighted by Crippen LogP contribution is -2.47. The number of pyridine rings is 1. The van der Waals surface area contributed by atoms with Crippen LogP contribution in [-0.4, -0.2) is 63.4 Å². The van der Waals surface area contributed by atoms with Crippen LogP contribution in [0.4, 0.5) is 11.8 Å². The van der Waals surface area contributed by atoms with Crippen LogP contribution >= 0.6 is 0 Å². The molecule has 28 heavy (non-hydrogen) atoms. The number of aliphatic imine (C=N–C) groups is 1. The van der Waals surface area contributed by atoms with Crippen LogP contribution in [-0.2, 0) is 0 Å². The molecule has 2 N–H and O–H groups in total. The minimum atomic E-state index is 0.0337. The number of piperidine rings is 2. The number of aromatic nitrogens is 3. The van der Waals surface area contributed by atoms with Crippen molar-refractivity contribution in [2.45, 2.75) is 38.1 Å². The van der Waals surface area contributed by atoms with Gasteiger partial charge in [0.05, 0.1) is 0 Å². The molecule has 2 aromatic heterocycles. The minimum Gasteiger partial charge on any atom is -0.492 e. The van der Waals surface area contributed by atoms with Crippen molar-refractivity contribution in [3.8, 4) is 5.88 Å². The lowest BCUT2D eigenvalue weighted by atomic mass is 10.0. The van der Waals surface area contributed by atoms with E-state index in [9.17, 15) is 5.11 Å². The van der Waals surface area contributed by atoms with E-state index < -0.39 is 0 Å². The Morgan fingerprint density at radius 3 is 2.75 bits per heavy atom. The summed E-state index contributed by atoms with van der Waals surface area (Å²) in [5.74, 6) is 1.50. The Balaban J connectivity index is 1.28. The number of nitrogens with one attached hydrogen (secondary N) is 1. The Morgan fingerprint density at radius 2 is 1.93 bits per heavy atom. The van der Waals surface area contributed by atoms with E-state index in [0.29, 0.717) is 17.6 Å². The molecule has 2 aromatic rings. The number of fused-ring (bicyclic) bond motifs is 1. The highest BCUT2D eigenvalue weighted by atomic mass is 16.3. The number of rotatable bonds is 3. The van der Waals surface area contributed by atoms with Crippen molar-refractivity contribution in [1.82, 2.24) is 19.9 Å². The maximum absolute atomic E-state index is 10.3. The fourth-order valence-electron chi connectivity index (χ4n) is 4.54. The van der Waals surface area contributed by atoms with E-state index in [1.165, 1.54) is 32.4 Å². The van der Waals surface area contributed by atoms with Crippen LogP contribution in [0.25, 0.3) is 11.6 Å². The smallest absolute Gasteiger partial charge is 0.238 e. The third-order valence-electron chi connectivity index (χ3n) is 6.09. The van der Waals surface area contributed by atoms with Crippen LogP contribution in [0.15, 0.2) is 23.3 Å². The second-order valence-electron chi connectivity index (χ2n) is 7.84. The van der Waals surface area contributed by atoms with Gasteiger partial charge in [-0.15, -0.1) is 0 Å². The van der Waals surface area contributed by atoms with E-state index in [4.69, 9.17) is 0 Å². The van der Waals surface area contributed by atoms with E-state index in [1.54, 1.807) is 12.4 Å². The average molecular weight is 378 g/mol. The summed E-state index contributed by atoms with van der Waals surface area (Å²) in [5.41, 5.74) is 2.52. The third kappa shape index (κ3) is 3.30. The molecular weight excluding hydrogens is 352 g/mol. The number of nitrogens with zero attached hydrogens (tertiary/aromatic N) is 5. The standard InChI is InChI=1S/C21H26N6O/c28-20-18(13-15-14-23-19-17(15)5-4-8-22-19)24-21(25-20)27-11-6-16(7-12-27)26-9-2-1-3-10-26/h4-5,8,13-14,16,28H,1-3,6-7,9-12H2,(H,24,25)/b15-13+. The summed E-state index contributed by atoms with van der Waals surface area (Å²) >= 11 is 0. The van der Waals surface area contributed by atoms with E-state index in [2.05, 4.69) is 29.7 Å². The van der Waals surface area contributed by atoms with Crippen molar-refractivity contribution in [1.29, 1.82) is 0 Å². The number of allylic oxidation sites excluding steroid dienone is 1. The lowest BCUT2D eigenvalue weighted by Gasteiger charge is -2.40. The van der Waals surface area contributed by atoms with Gasteiger partial charge in [-0.2, -0.15) is 4.98 Å². The zero-order valence-corrected chi connectivity index (χ0v) is 16.0. The second-order valence-corrected chi connectivity index (χ2v) is 7.84. The SMILES string of the molecule is Oc1nc(N2CCC(N3CCCCC3)CC2)[nH]c1/C=C1\C=Nc2ncccc21. The van der Waals surface area contributed by atoms with Gasteiger partial charge in [0.15, 0.2) is 5.82 Å². The number of aromatic amines is 1. The molecule has 3 aliphatic heterocycles. The molecule has 0 radical (unpaired) electrons. The fraction of sp³-hybridized carbons (Fsp3) is 0.476. The van der Waals surface area contributed by atoms with Crippen LogP contribution in [0.2, 0.25) is 0 Å². The number of anilines is 1. The van der Waals surface area contributed by atoms with Crippen LogP contribution < -0.4 is 4.90 Å². The Hall–Kier alpha value is -2.67. The molecule has 0 aliphatic carbocycles. The Kier molecular flexibility index (Phi) is 4.60. The monoisotopic (exact) mass is 378 g/mol. The highest BCUT2D eigenvalue weighted by Gasteiger charge is 2.27. The molecule has 5 rings (SSSR count). The van der Waals surface area contributed by atoms with Gasteiger partial charge in [-0.25, -0.2) is 9.98 Å². The van der Waals surface area contributed by atoms with Crippen LogP contribution in [0.3, 0.4) is 0 Å². The summed E-state index contributed by atoms with van der Waals surface area (Å²) in [6, 6.07) is 4.58. The highest BCUT2D eigenvalue weighted by molar-refractivity contribution is 6.20. The molecule has 3 aliphatic rings. The summed E-state index contributed by atoms with van der Waals surface area (Å²) in [4.78, 5) is 21.2. The molecule has 0 amide bonds. The number of imidazole rings is 1. The van der Waals surface area contributed by atoms with Gasteiger partial charge in [-0.3, -0.25) is 0 Å². The number of aromatic hydroxyl groups is 1. The van der Waals surface area contributed by atoms with Gasteiger partial charge in [-0.1, -0.05) is 6.42 Å². The molecular formula is C21H26N6O. The first-order chi connectivity index (χ1) is 13.8. The minimum absolute atomic E-state index is 0.0337. The summed E-state index contributed by atoms with van der Waals surface area (Å²) in [6.45, 7) is 4.44. The predicted molar refractivity (Wildman–Crippen MR) is 111 cm³/mol. The number of likely N-dealkylation sites (tertiary alicyclic amines) is 1. The molecule has 0 unspecified atom stereocenters. The summed E-state index contributed by atoms with van der Waals surface area (Å²) < 4.78 is 0. The van der Waals surface area contributed by atoms with Crippen molar-refractivity contribution in [3.05, 3.63) is 29.6 Å². The lowest BCUT2D eigenvalue weighted by molar-refractivity contribution is 0.141. The van der Waals surface area contributed by atoms with Gasteiger partial charge >= 0.3 is 0 Å².